The third-order valence-corrected chi connectivity index (χ3v) is 6.50. The fourth-order valence-electron chi connectivity index (χ4n) is 2.58. The molecule has 0 amide bonds. The highest BCUT2D eigenvalue weighted by Crippen LogP contribution is 2.31. The normalized spacial score (nSPS) is 11.6. The third-order valence-electron chi connectivity index (χ3n) is 3.95. The summed E-state index contributed by atoms with van der Waals surface area (Å²) in [5.74, 6) is 0.668. The average molecular weight is 388 g/mol. The monoisotopic (exact) mass is 387 g/mol. The second-order valence-corrected chi connectivity index (χ2v) is 8.00. The first kappa shape index (κ1) is 19.1. The van der Waals surface area contributed by atoms with E-state index < -0.39 is 10.0 Å². The highest BCUT2D eigenvalue weighted by Gasteiger charge is 2.22. The van der Waals surface area contributed by atoms with Crippen LogP contribution in [0.2, 0.25) is 10.0 Å². The lowest BCUT2D eigenvalue weighted by molar-refractivity contribution is 0.410. The van der Waals surface area contributed by atoms with Gasteiger partial charge in [0, 0.05) is 6.54 Å². The number of hydrogen-bond acceptors (Lipinski definition) is 3. The fraction of sp³-hybridized carbons (Fsp3) is 0.294. The van der Waals surface area contributed by atoms with Crippen LogP contribution < -0.4 is 9.46 Å². The van der Waals surface area contributed by atoms with Gasteiger partial charge in [-0.25, -0.2) is 13.1 Å². The molecule has 0 aliphatic heterocycles. The topological polar surface area (TPSA) is 55.4 Å². The van der Waals surface area contributed by atoms with Crippen LogP contribution in [-0.2, 0) is 16.6 Å². The van der Waals surface area contributed by atoms with Crippen molar-refractivity contribution in [2.45, 2.75) is 32.2 Å². The first-order valence-corrected chi connectivity index (χ1v) is 9.50. The minimum atomic E-state index is -3.70. The van der Waals surface area contributed by atoms with Crippen molar-refractivity contribution in [2.75, 3.05) is 7.11 Å². The minimum absolute atomic E-state index is 0.0612. The highest BCUT2D eigenvalue weighted by molar-refractivity contribution is 7.89. The third kappa shape index (κ3) is 3.70. The molecule has 2 aromatic rings. The smallest absolute Gasteiger partial charge is 0.241 e. The first-order valence-electron chi connectivity index (χ1n) is 7.26. The summed E-state index contributed by atoms with van der Waals surface area (Å²) in [5.41, 5.74) is 2.70. The molecule has 2 rings (SSSR count). The Kier molecular flexibility index (Phi) is 5.81. The van der Waals surface area contributed by atoms with Gasteiger partial charge in [0.2, 0.25) is 10.0 Å². The van der Waals surface area contributed by atoms with Gasteiger partial charge in [-0.05, 0) is 55.2 Å². The van der Waals surface area contributed by atoms with Crippen molar-refractivity contribution in [3.63, 3.8) is 0 Å². The molecule has 0 aliphatic carbocycles. The minimum Gasteiger partial charge on any atom is -0.496 e. The molecule has 0 aromatic heterocycles. The van der Waals surface area contributed by atoms with Gasteiger partial charge < -0.3 is 4.74 Å². The van der Waals surface area contributed by atoms with Gasteiger partial charge in [-0.1, -0.05) is 35.3 Å². The number of ether oxygens (including phenoxy) is 1. The maximum absolute atomic E-state index is 12.8. The molecule has 0 aliphatic rings. The van der Waals surface area contributed by atoms with Gasteiger partial charge in [-0.15, -0.1) is 0 Å². The zero-order valence-electron chi connectivity index (χ0n) is 13.9. The van der Waals surface area contributed by atoms with Crippen LogP contribution in [0.1, 0.15) is 22.3 Å². The number of methoxy groups -OCH3 is 1. The lowest BCUT2D eigenvalue weighted by atomic mass is 10.1. The predicted molar refractivity (Wildman–Crippen MR) is 97.7 cm³/mol. The highest BCUT2D eigenvalue weighted by atomic mass is 35.5. The Balaban J connectivity index is 2.38. The summed E-state index contributed by atoms with van der Waals surface area (Å²) in [7, 11) is -2.14. The number of sulfonamides is 1. The van der Waals surface area contributed by atoms with Crippen LogP contribution in [0, 0.1) is 20.8 Å². The van der Waals surface area contributed by atoms with Gasteiger partial charge in [-0.3, -0.25) is 0 Å². The molecule has 0 radical (unpaired) electrons. The molecule has 0 bridgehead atoms. The van der Waals surface area contributed by atoms with E-state index in [-0.39, 0.29) is 11.4 Å². The average Bonchev–Trinajstić information content (AvgIpc) is 2.52. The van der Waals surface area contributed by atoms with E-state index in [0.29, 0.717) is 32.5 Å². The summed E-state index contributed by atoms with van der Waals surface area (Å²) in [6.07, 6.45) is 0. The molecule has 0 atom stereocenters. The molecule has 2 aromatic carbocycles. The van der Waals surface area contributed by atoms with Crippen LogP contribution in [0.25, 0.3) is 0 Å². The molecule has 0 saturated heterocycles. The van der Waals surface area contributed by atoms with Gasteiger partial charge in [-0.2, -0.15) is 0 Å². The molecule has 1 N–H and O–H groups in total. The maximum atomic E-state index is 12.8. The number of halogens is 2. The van der Waals surface area contributed by atoms with Crippen molar-refractivity contribution in [1.82, 2.24) is 4.72 Å². The van der Waals surface area contributed by atoms with Crippen LogP contribution in [0.3, 0.4) is 0 Å². The molecule has 0 heterocycles. The molecular formula is C17H19Cl2NO3S. The Morgan fingerprint density at radius 1 is 1.12 bits per heavy atom. The predicted octanol–water partition coefficient (Wildman–Crippen LogP) is 4.41. The zero-order valence-corrected chi connectivity index (χ0v) is 16.2. The second-order valence-electron chi connectivity index (χ2n) is 5.51. The van der Waals surface area contributed by atoms with E-state index in [1.54, 1.807) is 45.2 Å². The van der Waals surface area contributed by atoms with Gasteiger partial charge in [0.15, 0.2) is 0 Å². The van der Waals surface area contributed by atoms with Crippen molar-refractivity contribution in [3.05, 3.63) is 56.6 Å². The molecule has 7 heteroatoms. The number of aryl methyl sites for hydroxylation is 1. The molecule has 0 unspecified atom stereocenters. The lowest BCUT2D eigenvalue weighted by Gasteiger charge is -2.17. The number of hydrogen-bond donors (Lipinski definition) is 1. The van der Waals surface area contributed by atoms with Crippen LogP contribution in [0.5, 0.6) is 5.75 Å². The second kappa shape index (κ2) is 7.31. The van der Waals surface area contributed by atoms with Gasteiger partial charge in [0.1, 0.15) is 5.75 Å². The summed E-state index contributed by atoms with van der Waals surface area (Å²) in [4.78, 5) is 0.263. The summed E-state index contributed by atoms with van der Waals surface area (Å²) in [5, 5.41) is 0.738. The van der Waals surface area contributed by atoms with E-state index in [1.807, 2.05) is 6.92 Å². The SMILES string of the molecule is COc1cc(C)c(S(=O)(=O)NCc2cccc(Cl)c2Cl)c(C)c1C. The molecule has 0 saturated carbocycles. The first-order chi connectivity index (χ1) is 11.2. The van der Waals surface area contributed by atoms with E-state index in [2.05, 4.69) is 4.72 Å². The Morgan fingerprint density at radius 3 is 2.42 bits per heavy atom. The van der Waals surface area contributed by atoms with Crippen molar-refractivity contribution in [1.29, 1.82) is 0 Å². The largest absolute Gasteiger partial charge is 0.496 e. The van der Waals surface area contributed by atoms with Crippen LogP contribution in [-0.4, -0.2) is 15.5 Å². The maximum Gasteiger partial charge on any atom is 0.241 e. The number of rotatable bonds is 5. The van der Waals surface area contributed by atoms with Crippen LogP contribution in [0.4, 0.5) is 0 Å². The Labute approximate surface area is 152 Å². The van der Waals surface area contributed by atoms with Crippen molar-refractivity contribution < 1.29 is 13.2 Å². The summed E-state index contributed by atoms with van der Waals surface area (Å²) < 4.78 is 33.4. The van der Waals surface area contributed by atoms with Crippen molar-refractivity contribution in [2.24, 2.45) is 0 Å². The molecule has 130 valence electrons. The van der Waals surface area contributed by atoms with E-state index in [1.165, 1.54) is 0 Å². The molecule has 0 fully saturated rings. The summed E-state index contributed by atoms with van der Waals surface area (Å²) >= 11 is 12.1. The van der Waals surface area contributed by atoms with Gasteiger partial charge >= 0.3 is 0 Å². The fourth-order valence-corrected chi connectivity index (χ4v) is 4.49. The molecule has 0 spiro atoms. The van der Waals surface area contributed by atoms with Crippen LogP contribution in [0.15, 0.2) is 29.2 Å². The Bertz CT molecular complexity index is 880. The van der Waals surface area contributed by atoms with E-state index >= 15 is 0 Å². The van der Waals surface area contributed by atoms with Gasteiger partial charge in [0.25, 0.3) is 0 Å². The lowest BCUT2D eigenvalue weighted by Crippen LogP contribution is -2.25. The Hall–Kier alpha value is -1.27. The van der Waals surface area contributed by atoms with Crippen molar-refractivity contribution >= 4 is 33.2 Å². The zero-order chi connectivity index (χ0) is 18.1. The van der Waals surface area contributed by atoms with E-state index in [9.17, 15) is 8.42 Å². The van der Waals surface area contributed by atoms with E-state index in [4.69, 9.17) is 27.9 Å². The molecule has 24 heavy (non-hydrogen) atoms. The Morgan fingerprint density at radius 2 is 1.79 bits per heavy atom. The van der Waals surface area contributed by atoms with E-state index in [0.717, 1.165) is 5.56 Å². The number of nitrogens with one attached hydrogen (secondary N) is 1. The summed E-state index contributed by atoms with van der Waals surface area (Å²) in [6, 6.07) is 6.84. The van der Waals surface area contributed by atoms with Crippen molar-refractivity contribution in [3.8, 4) is 5.75 Å². The van der Waals surface area contributed by atoms with Gasteiger partial charge in [0.05, 0.1) is 22.1 Å². The quantitative estimate of drug-likeness (QED) is 0.826. The summed E-state index contributed by atoms with van der Waals surface area (Å²) in [6.45, 7) is 5.41. The number of benzene rings is 2. The molecular weight excluding hydrogens is 369 g/mol. The molecule has 4 nitrogen and oxygen atoms in total. The van der Waals surface area contributed by atoms with Crippen LogP contribution >= 0.6 is 23.2 Å². The standard InChI is InChI=1S/C17H19Cl2NO3S/c1-10-8-15(23-4)11(2)12(3)17(10)24(21,22)20-9-13-6-5-7-14(18)16(13)19/h5-8,20H,9H2,1-4H3.